The Labute approximate surface area is 176 Å². The van der Waals surface area contributed by atoms with Crippen LogP contribution in [0.25, 0.3) is 16.3 Å². The molecule has 0 spiro atoms. The van der Waals surface area contributed by atoms with E-state index in [1.54, 1.807) is 0 Å². The highest BCUT2D eigenvalue weighted by Gasteiger charge is 2.43. The van der Waals surface area contributed by atoms with Crippen LogP contribution in [0.1, 0.15) is 32.8 Å². The molecule has 0 fully saturated rings. The fourth-order valence-electron chi connectivity index (χ4n) is 4.70. The van der Waals surface area contributed by atoms with Crippen LogP contribution in [0.5, 0.6) is 0 Å². The van der Waals surface area contributed by atoms with Gasteiger partial charge in [-0.1, -0.05) is 69.0 Å². The van der Waals surface area contributed by atoms with Gasteiger partial charge in [0.15, 0.2) is 0 Å². The quantitative estimate of drug-likeness (QED) is 0.320. The number of hydrogen-bond donors (Lipinski definition) is 0. The molecule has 0 radical (unpaired) electrons. The molecule has 2 aromatic rings. The summed E-state index contributed by atoms with van der Waals surface area (Å²) in [6.07, 6.45) is 12.0. The molecule has 136 valence electrons. The van der Waals surface area contributed by atoms with Gasteiger partial charge in [0.1, 0.15) is 0 Å². The fraction of sp³-hybridized carbons (Fsp3) is 0.231. The van der Waals surface area contributed by atoms with Gasteiger partial charge in [-0.25, -0.2) is 0 Å². The van der Waals surface area contributed by atoms with E-state index in [0.717, 1.165) is 6.42 Å². The van der Waals surface area contributed by atoms with Crippen molar-refractivity contribution in [3.63, 3.8) is 0 Å². The van der Waals surface area contributed by atoms with Crippen LogP contribution in [0.2, 0.25) is 0 Å². The zero-order valence-corrected chi connectivity index (χ0v) is 18.4. The highest BCUT2D eigenvalue weighted by Crippen LogP contribution is 2.55. The minimum atomic E-state index is 0.141. The molecule has 1 unspecified atom stereocenters. The van der Waals surface area contributed by atoms with Crippen molar-refractivity contribution < 1.29 is 0 Å². The number of halogens is 1. The summed E-state index contributed by atoms with van der Waals surface area (Å²) < 4.78 is 1.28. The fourth-order valence-corrected chi connectivity index (χ4v) is 5.21. The Morgan fingerprint density at radius 2 is 1.81 bits per heavy atom. The van der Waals surface area contributed by atoms with Crippen LogP contribution in [0.15, 0.2) is 90.1 Å². The van der Waals surface area contributed by atoms with Crippen LogP contribution in [0.4, 0.5) is 0 Å². The van der Waals surface area contributed by atoms with Crippen molar-refractivity contribution in [1.82, 2.24) is 0 Å². The first-order valence-electron chi connectivity index (χ1n) is 9.53. The van der Waals surface area contributed by atoms with E-state index < -0.39 is 0 Å². The molecule has 2 aromatic carbocycles. The largest absolute Gasteiger partial charge is 0.0991 e. The maximum atomic E-state index is 3.83. The monoisotopic (exact) mass is 464 g/mol. The van der Waals surface area contributed by atoms with Crippen LogP contribution >= 0.6 is 22.6 Å². The summed E-state index contributed by atoms with van der Waals surface area (Å²) in [5.74, 6) is 0.536. The Morgan fingerprint density at radius 1 is 1.07 bits per heavy atom. The van der Waals surface area contributed by atoms with Gasteiger partial charge < -0.3 is 0 Å². The molecule has 4 rings (SSSR count). The molecule has 27 heavy (non-hydrogen) atoms. The lowest BCUT2D eigenvalue weighted by molar-refractivity contribution is 0.339. The minimum Gasteiger partial charge on any atom is -0.0991 e. The van der Waals surface area contributed by atoms with Crippen molar-refractivity contribution in [2.24, 2.45) is 11.3 Å². The maximum absolute atomic E-state index is 3.83. The summed E-state index contributed by atoms with van der Waals surface area (Å²) in [5.41, 5.74) is 7.32. The maximum Gasteiger partial charge on any atom is 0.0136 e. The topological polar surface area (TPSA) is 0 Å². The lowest BCUT2D eigenvalue weighted by Gasteiger charge is -2.33. The molecule has 0 heterocycles. The van der Waals surface area contributed by atoms with Gasteiger partial charge in [0.25, 0.3) is 0 Å². The number of benzene rings is 2. The first kappa shape index (κ1) is 18.5. The first-order valence-corrected chi connectivity index (χ1v) is 10.6. The van der Waals surface area contributed by atoms with E-state index >= 15 is 0 Å². The van der Waals surface area contributed by atoms with Crippen molar-refractivity contribution in [3.05, 3.63) is 99.2 Å². The van der Waals surface area contributed by atoms with E-state index in [0.29, 0.717) is 5.92 Å². The molecule has 0 amide bonds. The van der Waals surface area contributed by atoms with E-state index in [2.05, 4.69) is 111 Å². The molecule has 0 bridgehead atoms. The van der Waals surface area contributed by atoms with E-state index in [-0.39, 0.29) is 5.41 Å². The Bertz CT molecular complexity index is 1060. The average molecular weight is 464 g/mol. The second-order valence-corrected chi connectivity index (χ2v) is 9.38. The second-order valence-electron chi connectivity index (χ2n) is 8.13. The van der Waals surface area contributed by atoms with Crippen molar-refractivity contribution >= 4 is 38.9 Å². The molecule has 1 heteroatoms. The van der Waals surface area contributed by atoms with Gasteiger partial charge in [-0.15, -0.1) is 0 Å². The van der Waals surface area contributed by atoms with Crippen LogP contribution in [-0.2, 0) is 0 Å². The predicted molar refractivity (Wildman–Crippen MR) is 127 cm³/mol. The minimum absolute atomic E-state index is 0.141. The highest BCUT2D eigenvalue weighted by molar-refractivity contribution is 14.1. The van der Waals surface area contributed by atoms with Gasteiger partial charge in [0.05, 0.1) is 0 Å². The van der Waals surface area contributed by atoms with Gasteiger partial charge in [-0.2, -0.15) is 0 Å². The van der Waals surface area contributed by atoms with Crippen molar-refractivity contribution in [3.8, 4) is 0 Å². The third-order valence-corrected chi connectivity index (χ3v) is 6.91. The summed E-state index contributed by atoms with van der Waals surface area (Å²) >= 11 is 2.38. The summed E-state index contributed by atoms with van der Waals surface area (Å²) in [4.78, 5) is 0. The molecular weight excluding hydrogens is 439 g/mol. The zero-order chi connectivity index (χ0) is 19.2. The Hall–Kier alpha value is -1.87. The van der Waals surface area contributed by atoms with Crippen LogP contribution in [-0.4, -0.2) is 0 Å². The van der Waals surface area contributed by atoms with E-state index in [1.807, 2.05) is 6.08 Å². The zero-order valence-electron chi connectivity index (χ0n) is 16.2. The molecule has 1 atom stereocenters. The van der Waals surface area contributed by atoms with Crippen LogP contribution < -0.4 is 0 Å². The van der Waals surface area contributed by atoms with Crippen molar-refractivity contribution in [2.45, 2.75) is 27.2 Å². The van der Waals surface area contributed by atoms with E-state index in [1.165, 1.54) is 42.2 Å². The second kappa shape index (κ2) is 6.94. The van der Waals surface area contributed by atoms with Gasteiger partial charge in [0.2, 0.25) is 0 Å². The van der Waals surface area contributed by atoms with Crippen LogP contribution in [0, 0.1) is 14.9 Å². The number of fused-ring (bicyclic) bond motifs is 2. The van der Waals surface area contributed by atoms with Gasteiger partial charge in [0, 0.05) is 3.57 Å². The molecule has 0 saturated heterocycles. The molecule has 0 saturated carbocycles. The molecule has 0 aromatic heterocycles. The Morgan fingerprint density at radius 3 is 2.59 bits per heavy atom. The Kier molecular flexibility index (Phi) is 4.75. The van der Waals surface area contributed by atoms with Crippen LogP contribution in [0.3, 0.4) is 0 Å². The molecule has 0 nitrogen and oxygen atoms in total. The third-order valence-electron chi connectivity index (χ3n) is 6.24. The summed E-state index contributed by atoms with van der Waals surface area (Å²) in [5, 5.41) is 2.63. The smallest absolute Gasteiger partial charge is 0.0136 e. The van der Waals surface area contributed by atoms with Crippen molar-refractivity contribution in [1.29, 1.82) is 0 Å². The standard InChI is InChI=1S/C26H25I/c1-5-6-7-24-17(2)23-13-11-21(16-25(23)26(24,3)4)18-8-9-20-15-22(27)12-10-19(20)14-18/h5-15,25H,1,16H2,2-4H3/b7-6-. The Balaban J connectivity index is 1.73. The first-order chi connectivity index (χ1) is 12.9. The van der Waals surface area contributed by atoms with Gasteiger partial charge in [-0.3, -0.25) is 0 Å². The lowest BCUT2D eigenvalue weighted by atomic mass is 9.71. The lowest BCUT2D eigenvalue weighted by Crippen LogP contribution is -2.23. The highest BCUT2D eigenvalue weighted by atomic mass is 127. The summed E-state index contributed by atoms with van der Waals surface area (Å²) in [6.45, 7) is 10.9. The normalized spacial score (nSPS) is 21.4. The van der Waals surface area contributed by atoms with Crippen molar-refractivity contribution in [2.75, 3.05) is 0 Å². The van der Waals surface area contributed by atoms with Gasteiger partial charge >= 0.3 is 0 Å². The molecule has 0 N–H and O–H groups in total. The molecular formula is C26H25I. The third kappa shape index (κ3) is 3.16. The SMILES string of the molecule is C=C/C=C\C1=C(C)C2=CC=C(c3ccc4cc(I)ccc4c3)CC2C1(C)C. The van der Waals surface area contributed by atoms with E-state index in [9.17, 15) is 0 Å². The number of rotatable bonds is 3. The van der Waals surface area contributed by atoms with E-state index in [4.69, 9.17) is 0 Å². The average Bonchev–Trinajstić information content (AvgIpc) is 2.85. The number of hydrogen-bond acceptors (Lipinski definition) is 0. The molecule has 2 aliphatic carbocycles. The molecule has 0 aliphatic heterocycles. The number of allylic oxidation sites excluding steroid dienone is 9. The van der Waals surface area contributed by atoms with Gasteiger partial charge in [-0.05, 0) is 104 Å². The molecule has 2 aliphatic rings. The predicted octanol–water partition coefficient (Wildman–Crippen LogP) is 7.87. The summed E-state index contributed by atoms with van der Waals surface area (Å²) in [6, 6.07) is 13.5. The summed E-state index contributed by atoms with van der Waals surface area (Å²) in [7, 11) is 0.